The maximum absolute atomic E-state index is 12.2. The van der Waals surface area contributed by atoms with Crippen LogP contribution in [0.5, 0.6) is 0 Å². The van der Waals surface area contributed by atoms with Crippen LogP contribution in [0.4, 0.5) is 0 Å². The van der Waals surface area contributed by atoms with E-state index >= 15 is 0 Å². The Kier molecular flexibility index (Phi) is 3.73. The number of nitrogens with zero attached hydrogens (tertiary/aromatic N) is 2. The molecule has 4 nitrogen and oxygen atoms in total. The zero-order valence-corrected chi connectivity index (χ0v) is 11.3. The van der Waals surface area contributed by atoms with E-state index < -0.39 is 0 Å². The smallest absolute Gasteiger partial charge is 0.243 e. The van der Waals surface area contributed by atoms with Gasteiger partial charge in [0.1, 0.15) is 0 Å². The molecule has 17 heavy (non-hydrogen) atoms. The molecule has 0 radical (unpaired) electrons. The number of carbonyl (C=O) groups is 1. The van der Waals surface area contributed by atoms with Crippen LogP contribution in [0.2, 0.25) is 0 Å². The van der Waals surface area contributed by atoms with Crippen molar-refractivity contribution in [1.29, 1.82) is 0 Å². The monoisotopic (exact) mass is 239 g/mol. The van der Waals surface area contributed by atoms with Gasteiger partial charge in [0, 0.05) is 6.54 Å². The third-order valence-electron chi connectivity index (χ3n) is 4.44. The summed E-state index contributed by atoms with van der Waals surface area (Å²) in [7, 11) is 2.17. The zero-order chi connectivity index (χ0) is 12.5. The number of amides is 1. The predicted molar refractivity (Wildman–Crippen MR) is 68.6 cm³/mol. The summed E-state index contributed by atoms with van der Waals surface area (Å²) >= 11 is 0. The minimum atomic E-state index is -0.314. The lowest BCUT2D eigenvalue weighted by Crippen LogP contribution is -2.44. The van der Waals surface area contributed by atoms with Crippen LogP contribution in [0.25, 0.3) is 0 Å². The number of hydrogen-bond acceptors (Lipinski definition) is 3. The fourth-order valence-corrected chi connectivity index (χ4v) is 2.75. The average molecular weight is 239 g/mol. The zero-order valence-electron chi connectivity index (χ0n) is 11.3. The van der Waals surface area contributed by atoms with Gasteiger partial charge in [-0.2, -0.15) is 0 Å². The Bertz CT molecular complexity index is 286. The van der Waals surface area contributed by atoms with Crippen molar-refractivity contribution >= 4 is 5.91 Å². The molecule has 0 aromatic heterocycles. The van der Waals surface area contributed by atoms with Gasteiger partial charge < -0.3 is 9.80 Å². The van der Waals surface area contributed by atoms with Crippen LogP contribution < -0.4 is 5.32 Å². The molecule has 1 atom stereocenters. The van der Waals surface area contributed by atoms with Crippen molar-refractivity contribution < 1.29 is 4.79 Å². The number of carbonyl (C=O) groups excluding carboxylic acids is 1. The Morgan fingerprint density at radius 3 is 2.59 bits per heavy atom. The van der Waals surface area contributed by atoms with E-state index in [1.807, 2.05) is 11.8 Å². The Balaban J connectivity index is 1.86. The highest BCUT2D eigenvalue weighted by Crippen LogP contribution is 2.23. The van der Waals surface area contributed by atoms with Crippen LogP contribution in [-0.4, -0.2) is 54.6 Å². The largest absolute Gasteiger partial charge is 0.328 e. The molecule has 0 bridgehead atoms. The molecule has 1 unspecified atom stereocenters. The van der Waals surface area contributed by atoms with Crippen LogP contribution in [-0.2, 0) is 4.79 Å². The quantitative estimate of drug-likeness (QED) is 0.794. The van der Waals surface area contributed by atoms with E-state index in [0.29, 0.717) is 11.8 Å². The first kappa shape index (κ1) is 12.8. The maximum atomic E-state index is 12.2. The number of piperidine rings is 1. The molecule has 2 aliphatic rings. The number of likely N-dealkylation sites (tertiary alicyclic amines) is 1. The minimum Gasteiger partial charge on any atom is -0.328 e. The van der Waals surface area contributed by atoms with Gasteiger partial charge in [-0.1, -0.05) is 6.92 Å². The second-order valence-corrected chi connectivity index (χ2v) is 5.79. The SMILES string of the molecule is CCC1(C)NCN(CC2CCN(C)CC2)C1=O. The van der Waals surface area contributed by atoms with E-state index in [1.54, 1.807) is 0 Å². The lowest BCUT2D eigenvalue weighted by molar-refractivity contribution is -0.132. The summed E-state index contributed by atoms with van der Waals surface area (Å²) in [5, 5.41) is 3.35. The molecule has 98 valence electrons. The van der Waals surface area contributed by atoms with Gasteiger partial charge in [0.15, 0.2) is 0 Å². The van der Waals surface area contributed by atoms with Crippen molar-refractivity contribution in [2.24, 2.45) is 5.92 Å². The van der Waals surface area contributed by atoms with Crippen molar-refractivity contribution in [3.8, 4) is 0 Å². The van der Waals surface area contributed by atoms with Crippen LogP contribution in [0, 0.1) is 5.92 Å². The summed E-state index contributed by atoms with van der Waals surface area (Å²) < 4.78 is 0. The lowest BCUT2D eigenvalue weighted by atomic mass is 9.95. The molecule has 0 spiro atoms. The number of hydrogen-bond donors (Lipinski definition) is 1. The van der Waals surface area contributed by atoms with Crippen molar-refractivity contribution in [3.05, 3.63) is 0 Å². The predicted octanol–water partition coefficient (Wildman–Crippen LogP) is 0.886. The van der Waals surface area contributed by atoms with Gasteiger partial charge in [-0.3, -0.25) is 10.1 Å². The maximum Gasteiger partial charge on any atom is 0.243 e. The van der Waals surface area contributed by atoms with Gasteiger partial charge in [-0.25, -0.2) is 0 Å². The molecule has 2 saturated heterocycles. The van der Waals surface area contributed by atoms with Crippen LogP contribution >= 0.6 is 0 Å². The van der Waals surface area contributed by atoms with Crippen LogP contribution in [0.15, 0.2) is 0 Å². The first-order valence-electron chi connectivity index (χ1n) is 6.78. The standard InChI is InChI=1S/C13H25N3O/c1-4-13(2)12(17)16(10-14-13)9-11-5-7-15(3)8-6-11/h11,14H,4-10H2,1-3H3. The lowest BCUT2D eigenvalue weighted by Gasteiger charge is -2.31. The topological polar surface area (TPSA) is 35.6 Å². The highest BCUT2D eigenvalue weighted by molar-refractivity contribution is 5.87. The van der Waals surface area contributed by atoms with Crippen molar-refractivity contribution in [2.75, 3.05) is 33.4 Å². The second kappa shape index (κ2) is 4.94. The first-order valence-corrected chi connectivity index (χ1v) is 6.78. The average Bonchev–Trinajstić information content (AvgIpc) is 2.61. The van der Waals surface area contributed by atoms with E-state index in [2.05, 4.69) is 24.2 Å². The molecule has 2 fully saturated rings. The first-order chi connectivity index (χ1) is 8.05. The van der Waals surface area contributed by atoms with Crippen LogP contribution in [0.1, 0.15) is 33.1 Å². The van der Waals surface area contributed by atoms with Crippen molar-refractivity contribution in [1.82, 2.24) is 15.1 Å². The van der Waals surface area contributed by atoms with Crippen molar-refractivity contribution in [3.63, 3.8) is 0 Å². The van der Waals surface area contributed by atoms with E-state index in [9.17, 15) is 4.79 Å². The van der Waals surface area contributed by atoms with E-state index in [0.717, 1.165) is 19.6 Å². The minimum absolute atomic E-state index is 0.291. The van der Waals surface area contributed by atoms with Gasteiger partial charge in [-0.15, -0.1) is 0 Å². The van der Waals surface area contributed by atoms with Crippen molar-refractivity contribution in [2.45, 2.75) is 38.6 Å². The molecular weight excluding hydrogens is 214 g/mol. The van der Waals surface area contributed by atoms with Gasteiger partial charge in [-0.05, 0) is 52.2 Å². The molecule has 0 aliphatic carbocycles. The number of nitrogens with one attached hydrogen (secondary N) is 1. The molecule has 4 heteroatoms. The Labute approximate surface area is 104 Å². The van der Waals surface area contributed by atoms with E-state index in [-0.39, 0.29) is 5.54 Å². The van der Waals surface area contributed by atoms with Crippen LogP contribution in [0.3, 0.4) is 0 Å². The van der Waals surface area contributed by atoms with Gasteiger partial charge in [0.05, 0.1) is 12.2 Å². The molecule has 1 N–H and O–H groups in total. The second-order valence-electron chi connectivity index (χ2n) is 5.79. The normalized spacial score (nSPS) is 32.4. The molecule has 0 aromatic rings. The van der Waals surface area contributed by atoms with Gasteiger partial charge in [0.2, 0.25) is 5.91 Å². The Morgan fingerprint density at radius 1 is 1.41 bits per heavy atom. The summed E-state index contributed by atoms with van der Waals surface area (Å²) in [5.41, 5.74) is -0.314. The Hall–Kier alpha value is -0.610. The highest BCUT2D eigenvalue weighted by atomic mass is 16.2. The summed E-state index contributed by atoms with van der Waals surface area (Å²) in [6, 6.07) is 0. The molecule has 0 saturated carbocycles. The van der Waals surface area contributed by atoms with E-state index in [4.69, 9.17) is 0 Å². The molecular formula is C13H25N3O. The van der Waals surface area contributed by atoms with Gasteiger partial charge >= 0.3 is 0 Å². The molecule has 2 heterocycles. The summed E-state index contributed by atoms with van der Waals surface area (Å²) in [6.07, 6.45) is 3.32. The third-order valence-corrected chi connectivity index (χ3v) is 4.44. The molecule has 1 amide bonds. The highest BCUT2D eigenvalue weighted by Gasteiger charge is 2.41. The summed E-state index contributed by atoms with van der Waals surface area (Å²) in [5.74, 6) is 0.982. The molecule has 2 rings (SSSR count). The summed E-state index contributed by atoms with van der Waals surface area (Å²) in [4.78, 5) is 16.6. The number of rotatable bonds is 3. The molecule has 2 aliphatic heterocycles. The molecule has 0 aromatic carbocycles. The summed E-state index contributed by atoms with van der Waals surface area (Å²) in [6.45, 7) is 8.11. The van der Waals surface area contributed by atoms with E-state index in [1.165, 1.54) is 25.9 Å². The fraction of sp³-hybridized carbons (Fsp3) is 0.923. The Morgan fingerprint density at radius 2 is 2.06 bits per heavy atom. The van der Waals surface area contributed by atoms with Gasteiger partial charge in [0.25, 0.3) is 0 Å². The third kappa shape index (κ3) is 2.63. The fourth-order valence-electron chi connectivity index (χ4n) is 2.75.